The third-order valence-electron chi connectivity index (χ3n) is 2.15. The topological polar surface area (TPSA) is 43.1 Å². The lowest BCUT2D eigenvalue weighted by Gasteiger charge is -2.00. The Labute approximate surface area is 118 Å². The second kappa shape index (κ2) is 5.78. The van der Waals surface area contributed by atoms with E-state index in [1.807, 2.05) is 0 Å². The molecule has 0 radical (unpaired) electrons. The molecular formula is C12H9Cl2NO2S. The minimum atomic E-state index is 0.0236. The van der Waals surface area contributed by atoms with Crippen molar-refractivity contribution in [2.24, 2.45) is 0 Å². The molecule has 6 heteroatoms. The summed E-state index contributed by atoms with van der Waals surface area (Å²) in [6, 6.07) is 5.12. The summed E-state index contributed by atoms with van der Waals surface area (Å²) in [7, 11) is 0. The standard InChI is InChI=1S/C12H9Cl2NO2S/c1-7(16)18-6-12-15-5-11(17-12)9-4-8(13)2-3-10(9)14/h2-5H,6H2,1H3. The van der Waals surface area contributed by atoms with Crippen molar-refractivity contribution in [1.29, 1.82) is 0 Å². The van der Waals surface area contributed by atoms with Crippen molar-refractivity contribution in [3.8, 4) is 11.3 Å². The van der Waals surface area contributed by atoms with Crippen LogP contribution in [0.5, 0.6) is 0 Å². The van der Waals surface area contributed by atoms with Gasteiger partial charge >= 0.3 is 0 Å². The first kappa shape index (κ1) is 13.5. The van der Waals surface area contributed by atoms with Crippen molar-refractivity contribution in [3.05, 3.63) is 40.3 Å². The van der Waals surface area contributed by atoms with Gasteiger partial charge in [-0.2, -0.15) is 0 Å². The van der Waals surface area contributed by atoms with Crippen LogP contribution in [0.25, 0.3) is 11.3 Å². The first-order valence-corrected chi connectivity index (χ1v) is 6.84. The number of oxazole rings is 1. The predicted octanol–water partition coefficient (Wildman–Crippen LogP) is 4.43. The van der Waals surface area contributed by atoms with Crippen molar-refractivity contribution in [2.75, 3.05) is 0 Å². The molecule has 0 N–H and O–H groups in total. The second-order valence-corrected chi connectivity index (χ2v) is 5.52. The number of rotatable bonds is 3. The molecule has 1 aromatic heterocycles. The van der Waals surface area contributed by atoms with Crippen LogP contribution in [0.15, 0.2) is 28.8 Å². The summed E-state index contributed by atoms with van der Waals surface area (Å²) in [5.41, 5.74) is 0.691. The molecule has 2 aromatic rings. The van der Waals surface area contributed by atoms with Gasteiger partial charge in [-0.15, -0.1) is 0 Å². The van der Waals surface area contributed by atoms with E-state index in [-0.39, 0.29) is 5.12 Å². The molecule has 0 saturated carbocycles. The Morgan fingerprint density at radius 2 is 2.22 bits per heavy atom. The SMILES string of the molecule is CC(=O)SCc1ncc(-c2cc(Cl)ccc2Cl)o1. The van der Waals surface area contributed by atoms with Gasteiger partial charge in [-0.3, -0.25) is 4.79 Å². The Morgan fingerprint density at radius 3 is 2.94 bits per heavy atom. The van der Waals surface area contributed by atoms with Crippen LogP contribution >= 0.6 is 35.0 Å². The van der Waals surface area contributed by atoms with Crippen molar-refractivity contribution in [3.63, 3.8) is 0 Å². The molecule has 0 fully saturated rings. The van der Waals surface area contributed by atoms with Gasteiger partial charge in [0.05, 0.1) is 17.0 Å². The summed E-state index contributed by atoms with van der Waals surface area (Å²) in [6.07, 6.45) is 1.58. The largest absolute Gasteiger partial charge is 0.440 e. The molecule has 0 aliphatic heterocycles. The number of nitrogens with zero attached hydrogens (tertiary/aromatic N) is 1. The van der Waals surface area contributed by atoms with E-state index in [9.17, 15) is 4.79 Å². The van der Waals surface area contributed by atoms with Crippen molar-refractivity contribution in [1.82, 2.24) is 4.98 Å². The summed E-state index contributed by atoms with van der Waals surface area (Å²) in [5.74, 6) is 1.44. The molecule has 1 aromatic carbocycles. The summed E-state index contributed by atoms with van der Waals surface area (Å²) in [4.78, 5) is 14.9. The highest BCUT2D eigenvalue weighted by Gasteiger charge is 2.11. The second-order valence-electron chi connectivity index (χ2n) is 3.52. The van der Waals surface area contributed by atoms with Crippen LogP contribution in [0.1, 0.15) is 12.8 Å². The Balaban J connectivity index is 2.23. The first-order chi connectivity index (χ1) is 8.56. The molecule has 0 unspecified atom stereocenters. The first-order valence-electron chi connectivity index (χ1n) is 5.10. The average Bonchev–Trinajstić information content (AvgIpc) is 2.78. The Bertz CT molecular complexity index is 583. The highest BCUT2D eigenvalue weighted by Crippen LogP contribution is 2.31. The van der Waals surface area contributed by atoms with Gasteiger partial charge in [0.25, 0.3) is 0 Å². The molecule has 1 heterocycles. The maximum absolute atomic E-state index is 10.8. The molecule has 0 atom stereocenters. The molecule has 2 rings (SSSR count). The van der Waals surface area contributed by atoms with Crippen molar-refractivity contribution < 1.29 is 9.21 Å². The number of benzene rings is 1. The van der Waals surface area contributed by atoms with Crippen LogP contribution in [0.2, 0.25) is 10.0 Å². The smallest absolute Gasteiger partial charge is 0.205 e. The van der Waals surface area contributed by atoms with Gasteiger partial charge in [-0.05, 0) is 18.2 Å². The zero-order valence-electron chi connectivity index (χ0n) is 9.44. The van der Waals surface area contributed by atoms with E-state index in [0.717, 1.165) is 11.8 Å². The van der Waals surface area contributed by atoms with Gasteiger partial charge in [0.2, 0.25) is 5.89 Å². The molecule has 0 aliphatic rings. The van der Waals surface area contributed by atoms with E-state index in [0.29, 0.717) is 33.0 Å². The Hall–Kier alpha value is -0.970. The maximum atomic E-state index is 10.8. The number of carbonyl (C=O) groups excluding carboxylic acids is 1. The fraction of sp³-hybridized carbons (Fsp3) is 0.167. The van der Waals surface area contributed by atoms with Crippen LogP contribution in [0, 0.1) is 0 Å². The van der Waals surface area contributed by atoms with E-state index < -0.39 is 0 Å². The molecule has 0 amide bonds. The van der Waals surface area contributed by atoms with E-state index >= 15 is 0 Å². The molecule has 0 spiro atoms. The van der Waals surface area contributed by atoms with E-state index in [1.165, 1.54) is 6.92 Å². The van der Waals surface area contributed by atoms with Gasteiger partial charge in [0.1, 0.15) is 0 Å². The molecule has 94 valence electrons. The molecule has 0 bridgehead atoms. The van der Waals surface area contributed by atoms with Gasteiger partial charge in [0.15, 0.2) is 10.9 Å². The number of thioether (sulfide) groups is 1. The van der Waals surface area contributed by atoms with Crippen molar-refractivity contribution in [2.45, 2.75) is 12.7 Å². The minimum Gasteiger partial charge on any atom is -0.440 e. The molecule has 0 saturated heterocycles. The number of hydrogen-bond acceptors (Lipinski definition) is 4. The van der Waals surface area contributed by atoms with Crippen LogP contribution in [-0.4, -0.2) is 10.1 Å². The van der Waals surface area contributed by atoms with Gasteiger partial charge in [-0.25, -0.2) is 4.98 Å². The lowest BCUT2D eigenvalue weighted by molar-refractivity contribution is -0.109. The van der Waals surface area contributed by atoms with Gasteiger partial charge in [0, 0.05) is 17.5 Å². The van der Waals surface area contributed by atoms with Gasteiger partial charge in [-0.1, -0.05) is 35.0 Å². The highest BCUT2D eigenvalue weighted by atomic mass is 35.5. The van der Waals surface area contributed by atoms with Crippen LogP contribution in [0.3, 0.4) is 0 Å². The minimum absolute atomic E-state index is 0.0236. The van der Waals surface area contributed by atoms with Crippen LogP contribution in [-0.2, 0) is 10.5 Å². The molecular weight excluding hydrogens is 293 g/mol. The molecule has 3 nitrogen and oxygen atoms in total. The summed E-state index contributed by atoms with van der Waals surface area (Å²) in [6.45, 7) is 1.50. The van der Waals surface area contributed by atoms with Crippen molar-refractivity contribution >= 4 is 40.1 Å². The number of halogens is 2. The molecule has 0 aliphatic carbocycles. The summed E-state index contributed by atoms with van der Waals surface area (Å²) < 4.78 is 5.53. The number of aromatic nitrogens is 1. The lowest BCUT2D eigenvalue weighted by atomic mass is 10.2. The quantitative estimate of drug-likeness (QED) is 0.841. The monoisotopic (exact) mass is 301 g/mol. The third kappa shape index (κ3) is 3.28. The van der Waals surface area contributed by atoms with Crippen LogP contribution < -0.4 is 0 Å². The van der Waals surface area contributed by atoms with E-state index in [2.05, 4.69) is 4.98 Å². The maximum Gasteiger partial charge on any atom is 0.205 e. The Kier molecular flexibility index (Phi) is 4.32. The fourth-order valence-corrected chi connectivity index (χ4v) is 2.19. The van der Waals surface area contributed by atoms with E-state index in [1.54, 1.807) is 24.4 Å². The number of hydrogen-bond donors (Lipinski definition) is 0. The summed E-state index contributed by atoms with van der Waals surface area (Å²) >= 11 is 13.1. The predicted molar refractivity (Wildman–Crippen MR) is 73.9 cm³/mol. The average molecular weight is 302 g/mol. The summed E-state index contributed by atoms with van der Waals surface area (Å²) in [5, 5.41) is 1.14. The van der Waals surface area contributed by atoms with Crippen LogP contribution in [0.4, 0.5) is 0 Å². The van der Waals surface area contributed by atoms with Gasteiger partial charge < -0.3 is 4.42 Å². The molecule has 18 heavy (non-hydrogen) atoms. The normalized spacial score (nSPS) is 10.6. The zero-order chi connectivity index (χ0) is 13.1. The zero-order valence-corrected chi connectivity index (χ0v) is 11.8. The highest BCUT2D eigenvalue weighted by molar-refractivity contribution is 8.12. The number of carbonyl (C=O) groups is 1. The fourth-order valence-electron chi connectivity index (χ4n) is 1.35. The Morgan fingerprint density at radius 1 is 1.44 bits per heavy atom. The lowest BCUT2D eigenvalue weighted by Crippen LogP contribution is -1.84. The third-order valence-corrected chi connectivity index (χ3v) is 3.51. The van der Waals surface area contributed by atoms with E-state index in [4.69, 9.17) is 27.6 Å².